The summed E-state index contributed by atoms with van der Waals surface area (Å²) in [5.41, 5.74) is 3.97. The Bertz CT molecular complexity index is 663. The quantitative estimate of drug-likeness (QED) is 0.640. The van der Waals surface area contributed by atoms with Crippen LogP contribution in [0.1, 0.15) is 31.7 Å². The molecule has 2 aromatic carbocycles. The van der Waals surface area contributed by atoms with Crippen LogP contribution >= 0.6 is 0 Å². The van der Waals surface area contributed by atoms with Gasteiger partial charge >= 0.3 is 0 Å². The van der Waals surface area contributed by atoms with Gasteiger partial charge in [0.15, 0.2) is 0 Å². The minimum absolute atomic E-state index is 0.603. The predicted octanol–water partition coefficient (Wildman–Crippen LogP) is 4.83. The molecule has 1 heterocycles. The van der Waals surface area contributed by atoms with Crippen LogP contribution < -0.4 is 0 Å². The lowest BCUT2D eigenvalue weighted by atomic mass is 9.96. The molecule has 86 valence electrons. The van der Waals surface area contributed by atoms with E-state index < -0.39 is 0 Å². The molecule has 0 fully saturated rings. The summed E-state index contributed by atoms with van der Waals surface area (Å²) < 4.78 is 0. The highest BCUT2D eigenvalue weighted by Crippen LogP contribution is 2.31. The van der Waals surface area contributed by atoms with Crippen LogP contribution in [-0.4, -0.2) is 4.98 Å². The van der Waals surface area contributed by atoms with Crippen molar-refractivity contribution in [2.24, 2.45) is 0 Å². The largest absolute Gasteiger partial charge is 0.354 e. The van der Waals surface area contributed by atoms with Gasteiger partial charge < -0.3 is 4.98 Å². The van der Waals surface area contributed by atoms with E-state index in [9.17, 15) is 0 Å². The van der Waals surface area contributed by atoms with Gasteiger partial charge in [-0.2, -0.15) is 0 Å². The van der Waals surface area contributed by atoms with Gasteiger partial charge in [0.2, 0.25) is 0 Å². The molecular weight excluding hydrogens is 206 g/mol. The first-order chi connectivity index (χ1) is 8.31. The standard InChI is InChI=1S/C16H17N/c1-3-11(2)12-8-6-9-14-13-7-4-5-10-15(13)17-16(12)14/h4-11,17H,3H2,1-2H3. The van der Waals surface area contributed by atoms with Crippen molar-refractivity contribution in [1.29, 1.82) is 0 Å². The first kappa shape index (κ1) is 10.4. The van der Waals surface area contributed by atoms with Crippen molar-refractivity contribution >= 4 is 21.8 Å². The summed E-state index contributed by atoms with van der Waals surface area (Å²) in [6, 6.07) is 15.1. The third-order valence-electron chi connectivity index (χ3n) is 3.72. The number of aromatic amines is 1. The molecule has 1 unspecified atom stereocenters. The zero-order valence-electron chi connectivity index (χ0n) is 10.3. The van der Waals surface area contributed by atoms with Gasteiger partial charge in [0.05, 0.1) is 0 Å². The second-order valence-corrected chi connectivity index (χ2v) is 4.75. The van der Waals surface area contributed by atoms with Crippen LogP contribution in [0.25, 0.3) is 21.8 Å². The van der Waals surface area contributed by atoms with Crippen LogP contribution in [0.4, 0.5) is 0 Å². The monoisotopic (exact) mass is 223 g/mol. The van der Waals surface area contributed by atoms with Crippen LogP contribution in [0, 0.1) is 0 Å². The summed E-state index contributed by atoms with van der Waals surface area (Å²) in [7, 11) is 0. The molecule has 0 aliphatic carbocycles. The lowest BCUT2D eigenvalue weighted by Crippen LogP contribution is -1.92. The molecule has 1 heteroatoms. The summed E-state index contributed by atoms with van der Waals surface area (Å²) in [6.07, 6.45) is 1.18. The first-order valence-corrected chi connectivity index (χ1v) is 6.30. The Labute approximate surface area is 101 Å². The predicted molar refractivity (Wildman–Crippen MR) is 74.5 cm³/mol. The molecule has 3 rings (SSSR count). The average Bonchev–Trinajstić information content (AvgIpc) is 2.76. The Morgan fingerprint density at radius 1 is 1.00 bits per heavy atom. The molecule has 0 aliphatic heterocycles. The summed E-state index contributed by atoms with van der Waals surface area (Å²) in [5, 5.41) is 2.67. The Balaban J connectivity index is 2.39. The number of para-hydroxylation sites is 2. The minimum atomic E-state index is 0.603. The molecule has 0 spiro atoms. The van der Waals surface area contributed by atoms with Crippen molar-refractivity contribution in [3.63, 3.8) is 0 Å². The van der Waals surface area contributed by atoms with Gasteiger partial charge in [0.1, 0.15) is 0 Å². The molecule has 0 saturated heterocycles. The Kier molecular flexibility index (Phi) is 2.40. The van der Waals surface area contributed by atoms with Gasteiger partial charge in [-0.15, -0.1) is 0 Å². The van der Waals surface area contributed by atoms with Crippen LogP contribution in [-0.2, 0) is 0 Å². The smallest absolute Gasteiger partial charge is 0.0500 e. The van der Waals surface area contributed by atoms with Crippen LogP contribution in [0.15, 0.2) is 42.5 Å². The highest BCUT2D eigenvalue weighted by atomic mass is 14.7. The van der Waals surface area contributed by atoms with Gasteiger partial charge in [-0.1, -0.05) is 50.2 Å². The number of H-pyrrole nitrogens is 1. The molecule has 1 aromatic heterocycles. The second-order valence-electron chi connectivity index (χ2n) is 4.75. The third-order valence-corrected chi connectivity index (χ3v) is 3.72. The minimum Gasteiger partial charge on any atom is -0.354 e. The third kappa shape index (κ3) is 1.54. The first-order valence-electron chi connectivity index (χ1n) is 6.30. The summed E-state index contributed by atoms with van der Waals surface area (Å²) in [6.45, 7) is 4.53. The van der Waals surface area contributed by atoms with Gasteiger partial charge in [0.25, 0.3) is 0 Å². The van der Waals surface area contributed by atoms with E-state index in [4.69, 9.17) is 0 Å². The Morgan fingerprint density at radius 2 is 1.76 bits per heavy atom. The van der Waals surface area contributed by atoms with E-state index in [0.717, 1.165) is 0 Å². The lowest BCUT2D eigenvalue weighted by Gasteiger charge is -2.09. The summed E-state index contributed by atoms with van der Waals surface area (Å²) in [5.74, 6) is 0.603. The Hall–Kier alpha value is -1.76. The van der Waals surface area contributed by atoms with Crippen LogP contribution in [0.5, 0.6) is 0 Å². The molecule has 1 N–H and O–H groups in total. The Morgan fingerprint density at radius 3 is 2.59 bits per heavy atom. The maximum atomic E-state index is 3.56. The molecule has 1 nitrogen and oxygen atoms in total. The van der Waals surface area contributed by atoms with Crippen LogP contribution in [0.2, 0.25) is 0 Å². The van der Waals surface area contributed by atoms with Crippen molar-refractivity contribution in [3.05, 3.63) is 48.0 Å². The number of rotatable bonds is 2. The zero-order chi connectivity index (χ0) is 11.8. The molecule has 17 heavy (non-hydrogen) atoms. The molecule has 0 radical (unpaired) electrons. The second kappa shape index (κ2) is 3.92. The normalized spacial score (nSPS) is 13.3. The van der Waals surface area contributed by atoms with Crippen molar-refractivity contribution < 1.29 is 0 Å². The molecule has 0 aliphatic rings. The fourth-order valence-corrected chi connectivity index (χ4v) is 2.53. The topological polar surface area (TPSA) is 15.8 Å². The number of benzene rings is 2. The van der Waals surface area contributed by atoms with Crippen molar-refractivity contribution in [2.45, 2.75) is 26.2 Å². The van der Waals surface area contributed by atoms with E-state index in [2.05, 4.69) is 61.3 Å². The molecule has 0 saturated carbocycles. The van der Waals surface area contributed by atoms with Crippen LogP contribution in [0.3, 0.4) is 0 Å². The summed E-state index contributed by atoms with van der Waals surface area (Å²) in [4.78, 5) is 3.56. The summed E-state index contributed by atoms with van der Waals surface area (Å²) >= 11 is 0. The maximum Gasteiger partial charge on any atom is 0.0500 e. The molecule has 3 aromatic rings. The van der Waals surface area contributed by atoms with E-state index in [0.29, 0.717) is 5.92 Å². The maximum absolute atomic E-state index is 3.56. The fourth-order valence-electron chi connectivity index (χ4n) is 2.53. The fraction of sp³-hybridized carbons (Fsp3) is 0.250. The molecule has 1 atom stereocenters. The van der Waals surface area contributed by atoms with Crippen molar-refractivity contribution in [3.8, 4) is 0 Å². The van der Waals surface area contributed by atoms with Gasteiger partial charge in [0, 0.05) is 21.8 Å². The van der Waals surface area contributed by atoms with E-state index >= 15 is 0 Å². The molecule has 0 bridgehead atoms. The molecule has 0 amide bonds. The average molecular weight is 223 g/mol. The number of aromatic nitrogens is 1. The van der Waals surface area contributed by atoms with Crippen molar-refractivity contribution in [2.75, 3.05) is 0 Å². The SMILES string of the molecule is CCC(C)c1cccc2c1[nH]c1ccccc12. The van der Waals surface area contributed by atoms with Gasteiger partial charge in [-0.25, -0.2) is 0 Å². The number of nitrogens with one attached hydrogen (secondary N) is 1. The zero-order valence-corrected chi connectivity index (χ0v) is 10.3. The van der Waals surface area contributed by atoms with E-state index in [1.807, 2.05) is 0 Å². The van der Waals surface area contributed by atoms with Crippen molar-refractivity contribution in [1.82, 2.24) is 4.98 Å². The number of hydrogen-bond acceptors (Lipinski definition) is 0. The van der Waals surface area contributed by atoms with Gasteiger partial charge in [-0.3, -0.25) is 0 Å². The van der Waals surface area contributed by atoms with E-state index in [1.165, 1.54) is 33.8 Å². The lowest BCUT2D eigenvalue weighted by molar-refractivity contribution is 0.738. The highest BCUT2D eigenvalue weighted by Gasteiger charge is 2.10. The molecular formula is C16H17N. The number of hydrogen-bond donors (Lipinski definition) is 1. The highest BCUT2D eigenvalue weighted by molar-refractivity contribution is 6.08. The van der Waals surface area contributed by atoms with E-state index in [1.54, 1.807) is 0 Å². The van der Waals surface area contributed by atoms with Gasteiger partial charge in [-0.05, 0) is 24.0 Å². The van der Waals surface area contributed by atoms with E-state index in [-0.39, 0.29) is 0 Å². The number of fused-ring (bicyclic) bond motifs is 3.